The Labute approximate surface area is 193 Å². The van der Waals surface area contributed by atoms with Crippen LogP contribution in [0.4, 0.5) is 5.69 Å². The monoisotopic (exact) mass is 463 g/mol. The second kappa shape index (κ2) is 8.21. The fourth-order valence-electron chi connectivity index (χ4n) is 4.38. The van der Waals surface area contributed by atoms with Gasteiger partial charge in [-0.3, -0.25) is 24.5 Å². The van der Waals surface area contributed by atoms with Crippen LogP contribution in [0, 0.1) is 13.8 Å². The smallest absolute Gasteiger partial charge is 0.255 e. The van der Waals surface area contributed by atoms with Gasteiger partial charge in [-0.25, -0.2) is 4.68 Å². The Bertz CT molecular complexity index is 1320. The van der Waals surface area contributed by atoms with Crippen molar-refractivity contribution in [3.8, 4) is 11.3 Å². The predicted octanol–water partition coefficient (Wildman–Crippen LogP) is 0.950. The Hall–Kier alpha value is -4.35. The second-order valence-electron chi connectivity index (χ2n) is 8.28. The van der Waals surface area contributed by atoms with Gasteiger partial charge < -0.3 is 14.7 Å². The minimum Gasteiger partial charge on any atom is -0.361 e. The maximum atomic E-state index is 12.9. The van der Waals surface area contributed by atoms with E-state index in [1.165, 1.54) is 9.58 Å². The number of hydrogen-bond donors (Lipinski definition) is 2. The molecule has 174 valence electrons. The fraction of sp³-hybridized carbons (Fsp3) is 0.318. The van der Waals surface area contributed by atoms with Gasteiger partial charge in [0.05, 0.1) is 17.5 Å². The summed E-state index contributed by atoms with van der Waals surface area (Å²) in [6.07, 6.45) is 2.08. The molecule has 1 aromatic carbocycles. The van der Waals surface area contributed by atoms with Crippen molar-refractivity contribution in [1.82, 2.24) is 30.4 Å². The fourth-order valence-corrected chi connectivity index (χ4v) is 4.38. The molecule has 4 heterocycles. The Kier molecular flexibility index (Phi) is 5.19. The number of carbonyl (C=O) groups is 4. The van der Waals surface area contributed by atoms with E-state index in [4.69, 9.17) is 4.52 Å². The molecule has 12 heteroatoms. The SMILES string of the molecule is Cc1noc(C)c1-c1cn(CC(=O)Nc2cccc3c2CN(C2CCC(=O)NC2=O)C3=O)nn1. The van der Waals surface area contributed by atoms with Gasteiger partial charge in [0, 0.05) is 29.8 Å². The zero-order chi connectivity index (χ0) is 24.0. The molecule has 1 fully saturated rings. The van der Waals surface area contributed by atoms with Gasteiger partial charge >= 0.3 is 0 Å². The minimum atomic E-state index is -0.723. The van der Waals surface area contributed by atoms with Crippen molar-refractivity contribution in [1.29, 1.82) is 0 Å². The molecule has 34 heavy (non-hydrogen) atoms. The molecule has 4 amide bonds. The third-order valence-electron chi connectivity index (χ3n) is 5.99. The Balaban J connectivity index is 1.30. The number of anilines is 1. The van der Waals surface area contributed by atoms with E-state index in [1.807, 2.05) is 0 Å². The lowest BCUT2D eigenvalue weighted by molar-refractivity contribution is -0.137. The van der Waals surface area contributed by atoms with E-state index in [1.54, 1.807) is 38.2 Å². The molecule has 0 bridgehead atoms. The maximum absolute atomic E-state index is 12.9. The summed E-state index contributed by atoms with van der Waals surface area (Å²) in [5.74, 6) is -0.872. The van der Waals surface area contributed by atoms with E-state index in [9.17, 15) is 19.2 Å². The average Bonchev–Trinajstić information content (AvgIpc) is 3.47. The summed E-state index contributed by atoms with van der Waals surface area (Å²) in [7, 11) is 0. The number of imide groups is 1. The first kappa shape index (κ1) is 21.5. The van der Waals surface area contributed by atoms with Crippen molar-refractivity contribution in [3.05, 3.63) is 47.0 Å². The van der Waals surface area contributed by atoms with E-state index >= 15 is 0 Å². The molecule has 0 saturated carbocycles. The molecule has 0 aliphatic carbocycles. The third-order valence-corrected chi connectivity index (χ3v) is 5.99. The van der Waals surface area contributed by atoms with Crippen LogP contribution in [-0.4, -0.2) is 54.7 Å². The Morgan fingerprint density at radius 3 is 2.82 bits per heavy atom. The highest BCUT2D eigenvalue weighted by atomic mass is 16.5. The largest absolute Gasteiger partial charge is 0.361 e. The van der Waals surface area contributed by atoms with E-state index in [0.29, 0.717) is 34.0 Å². The molecule has 5 rings (SSSR count). The van der Waals surface area contributed by atoms with Gasteiger partial charge in [0.15, 0.2) is 0 Å². The van der Waals surface area contributed by atoms with Crippen LogP contribution in [0.5, 0.6) is 0 Å². The van der Waals surface area contributed by atoms with Crippen LogP contribution in [0.1, 0.15) is 40.2 Å². The summed E-state index contributed by atoms with van der Waals surface area (Å²) < 4.78 is 6.56. The van der Waals surface area contributed by atoms with Crippen molar-refractivity contribution < 1.29 is 23.7 Å². The Morgan fingerprint density at radius 2 is 2.09 bits per heavy atom. The summed E-state index contributed by atoms with van der Waals surface area (Å²) in [6, 6.07) is 4.31. The van der Waals surface area contributed by atoms with Crippen molar-refractivity contribution in [2.75, 3.05) is 5.32 Å². The van der Waals surface area contributed by atoms with Gasteiger partial charge in [0.25, 0.3) is 5.91 Å². The highest BCUT2D eigenvalue weighted by molar-refractivity contribution is 6.06. The highest BCUT2D eigenvalue weighted by Crippen LogP contribution is 2.32. The minimum absolute atomic E-state index is 0.0924. The molecule has 2 N–H and O–H groups in total. The lowest BCUT2D eigenvalue weighted by Crippen LogP contribution is -2.52. The van der Waals surface area contributed by atoms with Crippen LogP contribution < -0.4 is 10.6 Å². The normalized spacial score (nSPS) is 17.6. The highest BCUT2D eigenvalue weighted by Gasteiger charge is 2.40. The lowest BCUT2D eigenvalue weighted by atomic mass is 10.0. The summed E-state index contributed by atoms with van der Waals surface area (Å²) in [5, 5.41) is 17.1. The van der Waals surface area contributed by atoms with Crippen LogP contribution in [0.3, 0.4) is 0 Å². The quantitative estimate of drug-likeness (QED) is 0.531. The summed E-state index contributed by atoms with van der Waals surface area (Å²) in [5.41, 5.74) is 3.50. The van der Waals surface area contributed by atoms with Crippen LogP contribution in [0.25, 0.3) is 11.3 Å². The summed E-state index contributed by atoms with van der Waals surface area (Å²) >= 11 is 0. The first-order valence-corrected chi connectivity index (χ1v) is 10.7. The number of aromatic nitrogens is 4. The van der Waals surface area contributed by atoms with Crippen molar-refractivity contribution >= 4 is 29.3 Å². The molecule has 3 aromatic rings. The van der Waals surface area contributed by atoms with Crippen LogP contribution in [0.2, 0.25) is 0 Å². The molecule has 0 radical (unpaired) electrons. The van der Waals surface area contributed by atoms with Crippen molar-refractivity contribution in [2.45, 2.75) is 45.8 Å². The number of piperidine rings is 1. The Morgan fingerprint density at radius 1 is 1.26 bits per heavy atom. The number of hydrogen-bond acceptors (Lipinski definition) is 8. The van der Waals surface area contributed by atoms with Gasteiger partial charge in [-0.05, 0) is 32.4 Å². The molecule has 1 unspecified atom stereocenters. The number of amides is 4. The molecule has 1 saturated heterocycles. The topological polar surface area (TPSA) is 152 Å². The summed E-state index contributed by atoms with van der Waals surface area (Å²) in [6.45, 7) is 3.64. The number of benzene rings is 1. The second-order valence-corrected chi connectivity index (χ2v) is 8.28. The first-order valence-electron chi connectivity index (χ1n) is 10.7. The van der Waals surface area contributed by atoms with Crippen molar-refractivity contribution in [3.63, 3.8) is 0 Å². The zero-order valence-corrected chi connectivity index (χ0v) is 18.5. The molecular weight excluding hydrogens is 442 g/mol. The van der Waals surface area contributed by atoms with Gasteiger partial charge in [-0.15, -0.1) is 5.10 Å². The van der Waals surface area contributed by atoms with Gasteiger partial charge in [0.2, 0.25) is 17.7 Å². The average molecular weight is 463 g/mol. The molecule has 2 aromatic heterocycles. The number of fused-ring (bicyclic) bond motifs is 1. The van der Waals surface area contributed by atoms with E-state index in [-0.39, 0.29) is 43.7 Å². The van der Waals surface area contributed by atoms with E-state index in [2.05, 4.69) is 26.1 Å². The molecule has 0 spiro atoms. The molecule has 2 aliphatic rings. The number of nitrogens with zero attached hydrogens (tertiary/aromatic N) is 5. The predicted molar refractivity (Wildman–Crippen MR) is 116 cm³/mol. The molecule has 12 nitrogen and oxygen atoms in total. The first-order chi connectivity index (χ1) is 16.3. The molecule has 1 atom stereocenters. The maximum Gasteiger partial charge on any atom is 0.255 e. The van der Waals surface area contributed by atoms with Gasteiger partial charge in [-0.1, -0.05) is 16.4 Å². The number of carbonyl (C=O) groups excluding carboxylic acids is 4. The third kappa shape index (κ3) is 3.72. The summed E-state index contributed by atoms with van der Waals surface area (Å²) in [4.78, 5) is 50.8. The van der Waals surface area contributed by atoms with Crippen LogP contribution >= 0.6 is 0 Å². The van der Waals surface area contributed by atoms with Gasteiger partial charge in [-0.2, -0.15) is 0 Å². The number of nitrogens with one attached hydrogen (secondary N) is 2. The zero-order valence-electron chi connectivity index (χ0n) is 18.5. The molecular formula is C22H21N7O5. The van der Waals surface area contributed by atoms with Gasteiger partial charge in [0.1, 0.15) is 24.0 Å². The standard InChI is InChI=1S/C22H21N7O5/c1-11-20(12(2)34-26-11)16-9-28(27-25-16)10-19(31)23-15-5-3-4-13-14(15)8-29(22(13)33)17-6-7-18(30)24-21(17)32/h3-5,9,17H,6-8,10H2,1-2H3,(H,23,31)(H,24,30,32). The number of aryl methyl sites for hydroxylation is 2. The van der Waals surface area contributed by atoms with Crippen LogP contribution in [0.15, 0.2) is 28.9 Å². The van der Waals surface area contributed by atoms with E-state index < -0.39 is 11.9 Å². The number of rotatable bonds is 5. The molecule has 2 aliphatic heterocycles. The van der Waals surface area contributed by atoms with Crippen LogP contribution in [-0.2, 0) is 27.5 Å². The van der Waals surface area contributed by atoms with Crippen molar-refractivity contribution in [2.24, 2.45) is 0 Å². The van der Waals surface area contributed by atoms with E-state index in [0.717, 1.165) is 5.56 Å². The lowest BCUT2D eigenvalue weighted by Gasteiger charge is -2.29.